The number of aliphatic imine (C=N–C) groups is 1. The molecular formula is C13H17BrN2OS. The number of hydrogen-bond acceptors (Lipinski definition) is 4. The van der Waals surface area contributed by atoms with Gasteiger partial charge in [0, 0.05) is 22.0 Å². The van der Waals surface area contributed by atoms with Gasteiger partial charge in [0.25, 0.3) is 0 Å². The lowest BCUT2D eigenvalue weighted by atomic mass is 10.2. The fraction of sp³-hybridized carbons (Fsp3) is 0.462. The maximum Gasteiger partial charge on any atom is 0.161 e. The predicted octanol–water partition coefficient (Wildman–Crippen LogP) is 4.14. The average molecular weight is 329 g/mol. The van der Waals surface area contributed by atoms with E-state index in [1.165, 1.54) is 6.42 Å². The molecule has 1 aromatic carbocycles. The quantitative estimate of drug-likeness (QED) is 0.905. The van der Waals surface area contributed by atoms with Gasteiger partial charge in [-0.3, -0.25) is 4.99 Å². The van der Waals surface area contributed by atoms with Crippen LogP contribution in [-0.2, 0) is 0 Å². The van der Waals surface area contributed by atoms with Gasteiger partial charge in [-0.2, -0.15) is 0 Å². The van der Waals surface area contributed by atoms with Crippen molar-refractivity contribution in [3.63, 3.8) is 0 Å². The van der Waals surface area contributed by atoms with E-state index in [0.717, 1.165) is 33.3 Å². The Morgan fingerprint density at radius 1 is 1.50 bits per heavy atom. The molecule has 0 amide bonds. The van der Waals surface area contributed by atoms with Crippen molar-refractivity contribution in [2.24, 2.45) is 4.99 Å². The summed E-state index contributed by atoms with van der Waals surface area (Å²) in [5, 5.41) is 4.37. The van der Waals surface area contributed by atoms with Crippen LogP contribution in [0.4, 0.5) is 5.69 Å². The lowest BCUT2D eigenvalue weighted by Crippen LogP contribution is -2.19. The number of ether oxygens (including phenoxy) is 1. The highest BCUT2D eigenvalue weighted by atomic mass is 79.9. The Bertz CT molecular complexity index is 451. The number of methoxy groups -OCH3 is 1. The van der Waals surface area contributed by atoms with E-state index in [9.17, 15) is 0 Å². The van der Waals surface area contributed by atoms with Crippen LogP contribution in [0.1, 0.15) is 19.8 Å². The molecule has 1 aliphatic rings. The molecule has 18 heavy (non-hydrogen) atoms. The van der Waals surface area contributed by atoms with Gasteiger partial charge in [-0.05, 0) is 25.0 Å². The van der Waals surface area contributed by atoms with Crippen LogP contribution in [0.2, 0.25) is 0 Å². The summed E-state index contributed by atoms with van der Waals surface area (Å²) in [6.07, 6.45) is 2.28. The Labute approximate surface area is 121 Å². The van der Waals surface area contributed by atoms with Gasteiger partial charge in [0.05, 0.1) is 13.2 Å². The first-order chi connectivity index (χ1) is 8.71. The first kappa shape index (κ1) is 13.7. The smallest absolute Gasteiger partial charge is 0.161 e. The molecule has 98 valence electrons. The third-order valence-electron chi connectivity index (χ3n) is 2.82. The molecule has 2 rings (SSSR count). The number of halogens is 1. The number of benzene rings is 1. The van der Waals surface area contributed by atoms with Crippen molar-refractivity contribution in [1.29, 1.82) is 0 Å². The van der Waals surface area contributed by atoms with Gasteiger partial charge in [-0.1, -0.05) is 34.6 Å². The summed E-state index contributed by atoms with van der Waals surface area (Å²) in [5.74, 6) is 1.97. The number of thioether (sulfide) groups is 1. The number of amidine groups is 1. The molecule has 0 saturated heterocycles. The summed E-state index contributed by atoms with van der Waals surface area (Å²) < 4.78 is 6.25. The van der Waals surface area contributed by atoms with Gasteiger partial charge < -0.3 is 10.1 Å². The van der Waals surface area contributed by atoms with E-state index in [1.54, 1.807) is 18.9 Å². The van der Waals surface area contributed by atoms with Crippen molar-refractivity contribution in [3.8, 4) is 5.75 Å². The molecule has 1 aromatic rings. The summed E-state index contributed by atoms with van der Waals surface area (Å²) in [6.45, 7) is 2.18. The number of nitrogens with one attached hydrogen (secondary N) is 1. The van der Waals surface area contributed by atoms with Crippen molar-refractivity contribution >= 4 is 38.5 Å². The van der Waals surface area contributed by atoms with Crippen LogP contribution in [0.25, 0.3) is 0 Å². The largest absolute Gasteiger partial charge is 0.497 e. The molecule has 1 N–H and O–H groups in total. The van der Waals surface area contributed by atoms with E-state index >= 15 is 0 Å². The summed E-state index contributed by atoms with van der Waals surface area (Å²) in [7, 11) is 1.67. The normalized spacial score (nSPS) is 19.3. The number of hydrogen-bond donors (Lipinski definition) is 1. The third kappa shape index (κ3) is 3.65. The minimum Gasteiger partial charge on any atom is -0.497 e. The van der Waals surface area contributed by atoms with Crippen molar-refractivity contribution in [3.05, 3.63) is 22.7 Å². The molecule has 1 unspecified atom stereocenters. The zero-order chi connectivity index (χ0) is 13.0. The molecule has 1 heterocycles. The fourth-order valence-electron chi connectivity index (χ4n) is 1.80. The van der Waals surface area contributed by atoms with Crippen molar-refractivity contribution < 1.29 is 4.74 Å². The second-order valence-electron chi connectivity index (χ2n) is 4.14. The Kier molecular flexibility index (Phi) is 4.95. The third-order valence-corrected chi connectivity index (χ3v) is 4.20. The first-order valence-electron chi connectivity index (χ1n) is 6.03. The molecule has 0 aliphatic carbocycles. The summed E-state index contributed by atoms with van der Waals surface area (Å²) >= 11 is 5.26. The molecule has 0 spiro atoms. The maximum atomic E-state index is 5.25. The van der Waals surface area contributed by atoms with Crippen LogP contribution in [0.15, 0.2) is 27.7 Å². The standard InChI is InChI=1S/C13H17BrN2OS/c1-3-10-4-5-18-13(15-10)16-11-6-9(14)7-12(8-11)17-2/h6-8,10H,3-5H2,1-2H3,(H,15,16). The van der Waals surface area contributed by atoms with Gasteiger partial charge >= 0.3 is 0 Å². The predicted molar refractivity (Wildman–Crippen MR) is 82.9 cm³/mol. The van der Waals surface area contributed by atoms with Crippen LogP contribution in [0.3, 0.4) is 0 Å². The van der Waals surface area contributed by atoms with Crippen LogP contribution in [0.5, 0.6) is 5.75 Å². The van der Waals surface area contributed by atoms with Crippen LogP contribution < -0.4 is 10.1 Å². The zero-order valence-electron chi connectivity index (χ0n) is 10.6. The maximum absolute atomic E-state index is 5.25. The van der Waals surface area contributed by atoms with Crippen LogP contribution in [0, 0.1) is 0 Å². The second-order valence-corrected chi connectivity index (χ2v) is 6.14. The van der Waals surface area contributed by atoms with E-state index in [1.807, 2.05) is 18.2 Å². The zero-order valence-corrected chi connectivity index (χ0v) is 13.0. The van der Waals surface area contributed by atoms with Gasteiger partial charge in [-0.25, -0.2) is 0 Å². The fourth-order valence-corrected chi connectivity index (χ4v) is 3.27. The average Bonchev–Trinajstić information content (AvgIpc) is 2.38. The van der Waals surface area contributed by atoms with E-state index < -0.39 is 0 Å². The van der Waals surface area contributed by atoms with Crippen molar-refractivity contribution in [2.45, 2.75) is 25.8 Å². The highest BCUT2D eigenvalue weighted by Crippen LogP contribution is 2.27. The van der Waals surface area contributed by atoms with E-state index in [0.29, 0.717) is 6.04 Å². The van der Waals surface area contributed by atoms with Crippen LogP contribution in [-0.4, -0.2) is 24.1 Å². The molecule has 0 saturated carbocycles. The molecule has 0 fully saturated rings. The molecule has 0 radical (unpaired) electrons. The summed E-state index contributed by atoms with van der Waals surface area (Å²) in [6, 6.07) is 6.41. The molecule has 5 heteroatoms. The van der Waals surface area contributed by atoms with Gasteiger partial charge in [0.2, 0.25) is 0 Å². The van der Waals surface area contributed by atoms with E-state index in [-0.39, 0.29) is 0 Å². The topological polar surface area (TPSA) is 33.6 Å². The Morgan fingerprint density at radius 3 is 3.06 bits per heavy atom. The van der Waals surface area contributed by atoms with E-state index in [2.05, 4.69) is 28.2 Å². The SMILES string of the molecule is CCC1CCSC(Nc2cc(Br)cc(OC)c2)=N1. The first-order valence-corrected chi connectivity index (χ1v) is 7.81. The Balaban J connectivity index is 2.13. The van der Waals surface area contributed by atoms with Gasteiger partial charge in [-0.15, -0.1) is 0 Å². The number of nitrogens with zero attached hydrogens (tertiary/aromatic N) is 1. The van der Waals surface area contributed by atoms with Crippen molar-refractivity contribution in [2.75, 3.05) is 18.2 Å². The monoisotopic (exact) mass is 328 g/mol. The van der Waals surface area contributed by atoms with Gasteiger partial charge in [0.15, 0.2) is 5.17 Å². The lowest BCUT2D eigenvalue weighted by molar-refractivity contribution is 0.415. The highest BCUT2D eigenvalue weighted by molar-refractivity contribution is 9.10. The minimum absolute atomic E-state index is 0.461. The van der Waals surface area contributed by atoms with Crippen molar-refractivity contribution in [1.82, 2.24) is 0 Å². The number of rotatable bonds is 3. The molecular weight excluding hydrogens is 312 g/mol. The summed E-state index contributed by atoms with van der Waals surface area (Å²) in [4.78, 5) is 4.69. The Hall–Kier alpha value is -0.680. The number of anilines is 1. The van der Waals surface area contributed by atoms with Gasteiger partial charge in [0.1, 0.15) is 5.75 Å². The molecule has 1 atom stereocenters. The Morgan fingerprint density at radius 2 is 2.33 bits per heavy atom. The minimum atomic E-state index is 0.461. The highest BCUT2D eigenvalue weighted by Gasteiger charge is 2.14. The lowest BCUT2D eigenvalue weighted by Gasteiger charge is -2.19. The molecule has 1 aliphatic heterocycles. The molecule has 3 nitrogen and oxygen atoms in total. The summed E-state index contributed by atoms with van der Waals surface area (Å²) in [5.41, 5.74) is 1.00. The second kappa shape index (κ2) is 6.48. The molecule has 0 bridgehead atoms. The van der Waals surface area contributed by atoms with E-state index in [4.69, 9.17) is 9.73 Å². The molecule has 0 aromatic heterocycles. The van der Waals surface area contributed by atoms with Crippen LogP contribution >= 0.6 is 27.7 Å².